The highest BCUT2D eigenvalue weighted by Crippen LogP contribution is 2.34. The van der Waals surface area contributed by atoms with Crippen molar-refractivity contribution in [3.8, 4) is 0 Å². The van der Waals surface area contributed by atoms with Crippen LogP contribution in [0.4, 0.5) is 0 Å². The third-order valence-electron chi connectivity index (χ3n) is 4.46. The van der Waals surface area contributed by atoms with Crippen LogP contribution in [0.1, 0.15) is 39.7 Å². The summed E-state index contributed by atoms with van der Waals surface area (Å²) in [4.78, 5) is 35.6. The van der Waals surface area contributed by atoms with Crippen LogP contribution in [0.25, 0.3) is 0 Å². The average Bonchev–Trinajstić information content (AvgIpc) is 2.64. The molecule has 10 nitrogen and oxygen atoms in total. The number of hydrogen-bond donors (Lipinski definition) is 2. The lowest BCUT2D eigenvalue weighted by Gasteiger charge is -2.37. The number of esters is 1. The number of benzene rings is 1. The Kier molecular flexibility index (Phi) is 8.21. The summed E-state index contributed by atoms with van der Waals surface area (Å²) in [5, 5.41) is -0.978. The van der Waals surface area contributed by atoms with Crippen molar-refractivity contribution >= 4 is 27.7 Å². The second-order valence-corrected chi connectivity index (χ2v) is 10.2. The molecule has 1 aromatic rings. The Hall–Kier alpha value is -2.66. The summed E-state index contributed by atoms with van der Waals surface area (Å²) in [7, 11) is -1.88. The Morgan fingerprint density at radius 1 is 1.16 bits per heavy atom. The van der Waals surface area contributed by atoms with E-state index in [-0.39, 0.29) is 11.3 Å². The minimum absolute atomic E-state index is 0.0865. The van der Waals surface area contributed by atoms with Gasteiger partial charge >= 0.3 is 5.97 Å². The zero-order chi connectivity index (χ0) is 24.2. The fraction of sp³-hybridized carbons (Fsp3) is 0.550. The molecule has 1 amide bonds. The molecular weight excluding hydrogens is 424 g/mol. The summed E-state index contributed by atoms with van der Waals surface area (Å²) in [5.74, 6) is -2.94. The van der Waals surface area contributed by atoms with E-state index >= 15 is 0 Å². The number of likely N-dealkylation sites (N-methyl/N-ethyl adjacent to an activating group) is 1. The number of rotatable bonds is 8. The number of aliphatic imine (C=N–C) groups is 1. The van der Waals surface area contributed by atoms with E-state index in [9.17, 15) is 18.0 Å². The second kappa shape index (κ2) is 9.65. The SMILES string of the molecule is CCC([C@@](N=C(N)N)(C(=O)OC(C)(C)C)C(=O)N(C)OC)S(=O)(=O)c1ccc(C)cc1. The molecule has 174 valence electrons. The van der Waals surface area contributed by atoms with Crippen molar-refractivity contribution in [3.63, 3.8) is 0 Å². The fourth-order valence-corrected chi connectivity index (χ4v) is 5.02. The van der Waals surface area contributed by atoms with Crippen molar-refractivity contribution in [1.82, 2.24) is 5.06 Å². The molecule has 2 atom stereocenters. The Labute approximate surface area is 183 Å². The first kappa shape index (κ1) is 26.4. The van der Waals surface area contributed by atoms with Gasteiger partial charge in [-0.2, -0.15) is 0 Å². The van der Waals surface area contributed by atoms with Crippen LogP contribution in [0.2, 0.25) is 0 Å². The molecule has 1 unspecified atom stereocenters. The second-order valence-electron chi connectivity index (χ2n) is 8.05. The molecule has 0 spiro atoms. The molecular formula is C20H32N4O6S. The first-order valence-electron chi connectivity index (χ1n) is 9.60. The molecule has 0 bridgehead atoms. The molecule has 1 aromatic carbocycles. The molecule has 0 aliphatic carbocycles. The van der Waals surface area contributed by atoms with Crippen LogP contribution >= 0.6 is 0 Å². The maximum absolute atomic E-state index is 13.6. The highest BCUT2D eigenvalue weighted by molar-refractivity contribution is 7.92. The minimum atomic E-state index is -4.28. The van der Waals surface area contributed by atoms with E-state index in [4.69, 9.17) is 21.0 Å². The predicted molar refractivity (Wildman–Crippen MR) is 117 cm³/mol. The average molecular weight is 457 g/mol. The van der Waals surface area contributed by atoms with Gasteiger partial charge in [0.2, 0.25) is 0 Å². The lowest BCUT2D eigenvalue weighted by Crippen LogP contribution is -2.63. The molecule has 0 aliphatic rings. The molecule has 0 aliphatic heterocycles. The topological polar surface area (TPSA) is 154 Å². The summed E-state index contributed by atoms with van der Waals surface area (Å²) in [5.41, 5.74) is 8.29. The third kappa shape index (κ3) is 5.73. The van der Waals surface area contributed by atoms with Gasteiger partial charge in [-0.1, -0.05) is 24.6 Å². The number of guanidine groups is 1. The number of amides is 1. The number of nitrogens with zero attached hydrogens (tertiary/aromatic N) is 2. The zero-order valence-electron chi connectivity index (χ0n) is 19.0. The van der Waals surface area contributed by atoms with Gasteiger partial charge in [0.25, 0.3) is 11.4 Å². The summed E-state index contributed by atoms with van der Waals surface area (Å²) in [6, 6.07) is 6.01. The Morgan fingerprint density at radius 2 is 1.68 bits per heavy atom. The van der Waals surface area contributed by atoms with Crippen LogP contribution < -0.4 is 11.5 Å². The normalized spacial score (nSPS) is 14.8. The number of carbonyl (C=O) groups excluding carboxylic acids is 2. The van der Waals surface area contributed by atoms with Crippen LogP contribution in [0.5, 0.6) is 0 Å². The standard InChI is InChI=1S/C20H32N4O6S/c1-8-15(31(27,28)14-11-9-13(2)10-12-14)20(23-18(21)22,16(25)24(6)29-7)17(26)30-19(3,4)5/h9-12,15H,8H2,1-7H3,(H4,21,22,23)/t15?,20-/m0/s1. The van der Waals surface area contributed by atoms with Gasteiger partial charge in [-0.3, -0.25) is 9.63 Å². The predicted octanol–water partition coefficient (Wildman–Crippen LogP) is 0.921. The summed E-state index contributed by atoms with van der Waals surface area (Å²) < 4.78 is 32.7. The first-order chi connectivity index (χ1) is 14.1. The summed E-state index contributed by atoms with van der Waals surface area (Å²) >= 11 is 0. The number of hydrogen-bond acceptors (Lipinski definition) is 7. The fourth-order valence-electron chi connectivity index (χ4n) is 3.04. The molecule has 0 aromatic heterocycles. The molecule has 0 heterocycles. The minimum Gasteiger partial charge on any atom is -0.458 e. The van der Waals surface area contributed by atoms with Crippen molar-refractivity contribution in [2.75, 3.05) is 14.2 Å². The van der Waals surface area contributed by atoms with E-state index in [0.717, 1.165) is 5.56 Å². The molecule has 0 radical (unpaired) electrons. The highest BCUT2D eigenvalue weighted by atomic mass is 32.2. The van der Waals surface area contributed by atoms with Gasteiger partial charge in [0.15, 0.2) is 15.8 Å². The van der Waals surface area contributed by atoms with Gasteiger partial charge in [-0.25, -0.2) is 23.3 Å². The molecule has 0 fully saturated rings. The zero-order valence-corrected chi connectivity index (χ0v) is 19.8. The molecule has 1 rings (SSSR count). The number of carbonyl (C=O) groups is 2. The lowest BCUT2D eigenvalue weighted by atomic mass is 9.91. The third-order valence-corrected chi connectivity index (χ3v) is 6.82. The van der Waals surface area contributed by atoms with Crippen molar-refractivity contribution in [3.05, 3.63) is 29.8 Å². The highest BCUT2D eigenvalue weighted by Gasteiger charge is 2.60. The van der Waals surface area contributed by atoms with E-state index in [0.29, 0.717) is 5.06 Å². The number of aryl methyl sites for hydroxylation is 1. The smallest absolute Gasteiger partial charge is 0.346 e. The number of ether oxygens (including phenoxy) is 1. The number of hydroxylamine groups is 2. The van der Waals surface area contributed by atoms with Gasteiger partial charge < -0.3 is 16.2 Å². The van der Waals surface area contributed by atoms with Crippen molar-refractivity contribution in [2.24, 2.45) is 16.5 Å². The maximum Gasteiger partial charge on any atom is 0.346 e. The Morgan fingerprint density at radius 3 is 2.06 bits per heavy atom. The first-order valence-corrected chi connectivity index (χ1v) is 11.1. The molecule has 11 heteroatoms. The van der Waals surface area contributed by atoms with Crippen molar-refractivity contribution in [2.45, 2.75) is 62.3 Å². The van der Waals surface area contributed by atoms with E-state index in [1.807, 2.05) is 0 Å². The van der Waals surface area contributed by atoms with Crippen LogP contribution in [-0.4, -0.2) is 61.9 Å². The summed E-state index contributed by atoms with van der Waals surface area (Å²) in [6.45, 7) is 8.04. The summed E-state index contributed by atoms with van der Waals surface area (Å²) in [6.07, 6.45) is -0.171. The number of nitrogens with two attached hydrogens (primary N) is 2. The van der Waals surface area contributed by atoms with Gasteiger partial charge in [0, 0.05) is 7.05 Å². The van der Waals surface area contributed by atoms with E-state index in [2.05, 4.69) is 4.99 Å². The maximum atomic E-state index is 13.6. The van der Waals surface area contributed by atoms with Crippen LogP contribution in [0, 0.1) is 6.92 Å². The molecule has 0 saturated carbocycles. The largest absolute Gasteiger partial charge is 0.458 e. The van der Waals surface area contributed by atoms with Crippen LogP contribution in [0.15, 0.2) is 34.2 Å². The van der Waals surface area contributed by atoms with E-state index in [1.165, 1.54) is 33.2 Å². The van der Waals surface area contributed by atoms with Crippen LogP contribution in [-0.2, 0) is 29.0 Å². The van der Waals surface area contributed by atoms with Gasteiger partial charge in [-0.15, -0.1) is 0 Å². The Balaban J connectivity index is 3.94. The number of sulfone groups is 1. The van der Waals surface area contributed by atoms with Crippen molar-refractivity contribution < 1.29 is 27.6 Å². The van der Waals surface area contributed by atoms with E-state index < -0.39 is 44.1 Å². The van der Waals surface area contributed by atoms with Gasteiger partial charge in [0.1, 0.15) is 10.9 Å². The molecule has 4 N–H and O–H groups in total. The molecule has 31 heavy (non-hydrogen) atoms. The monoisotopic (exact) mass is 456 g/mol. The van der Waals surface area contributed by atoms with E-state index in [1.54, 1.807) is 39.8 Å². The van der Waals surface area contributed by atoms with Gasteiger partial charge in [0.05, 0.1) is 12.0 Å². The lowest BCUT2D eigenvalue weighted by molar-refractivity contribution is -0.184. The van der Waals surface area contributed by atoms with Crippen molar-refractivity contribution in [1.29, 1.82) is 0 Å². The molecule has 0 saturated heterocycles. The quantitative estimate of drug-likeness (QED) is 0.192. The Bertz CT molecular complexity index is 933. The van der Waals surface area contributed by atoms with Gasteiger partial charge in [-0.05, 0) is 46.2 Å². The van der Waals surface area contributed by atoms with Crippen LogP contribution in [0.3, 0.4) is 0 Å².